The SMILES string of the molecule is CC(=O)Nc1cccc(C2CCN(CCNC(=O)c3cc4cc(-c5ccc(C)cc5)ccc4o3)CC2)c1. The number of hydrogen-bond acceptors (Lipinski definition) is 4. The molecule has 0 radical (unpaired) electrons. The molecule has 0 aliphatic carbocycles. The second-order valence-electron chi connectivity index (χ2n) is 9.91. The number of aryl methyl sites for hydroxylation is 1. The largest absolute Gasteiger partial charge is 0.451 e. The minimum atomic E-state index is -0.183. The van der Waals surface area contributed by atoms with Crippen molar-refractivity contribution in [3.8, 4) is 11.1 Å². The van der Waals surface area contributed by atoms with Crippen LogP contribution in [0.3, 0.4) is 0 Å². The Labute approximate surface area is 217 Å². The number of carbonyl (C=O) groups is 2. The normalized spacial score (nSPS) is 14.5. The molecule has 2 amide bonds. The number of amides is 2. The summed E-state index contributed by atoms with van der Waals surface area (Å²) in [6.45, 7) is 6.96. The van der Waals surface area contributed by atoms with Crippen molar-refractivity contribution in [2.45, 2.75) is 32.6 Å². The van der Waals surface area contributed by atoms with Crippen LogP contribution in [0.5, 0.6) is 0 Å². The van der Waals surface area contributed by atoms with Crippen molar-refractivity contribution in [2.24, 2.45) is 0 Å². The van der Waals surface area contributed by atoms with E-state index in [0.29, 0.717) is 23.8 Å². The predicted molar refractivity (Wildman–Crippen MR) is 148 cm³/mol. The quantitative estimate of drug-likeness (QED) is 0.331. The Balaban J connectivity index is 1.11. The minimum absolute atomic E-state index is 0.0522. The third-order valence-electron chi connectivity index (χ3n) is 7.10. The van der Waals surface area contributed by atoms with E-state index in [9.17, 15) is 9.59 Å². The van der Waals surface area contributed by atoms with Gasteiger partial charge in [0, 0.05) is 31.1 Å². The fourth-order valence-corrected chi connectivity index (χ4v) is 5.06. The van der Waals surface area contributed by atoms with E-state index in [-0.39, 0.29) is 11.8 Å². The van der Waals surface area contributed by atoms with Gasteiger partial charge in [-0.25, -0.2) is 0 Å². The third-order valence-corrected chi connectivity index (χ3v) is 7.10. The number of rotatable bonds is 7. The molecule has 4 aromatic rings. The molecule has 2 N–H and O–H groups in total. The highest BCUT2D eigenvalue weighted by Gasteiger charge is 2.21. The van der Waals surface area contributed by atoms with E-state index in [1.54, 1.807) is 0 Å². The Morgan fingerprint density at radius 1 is 0.946 bits per heavy atom. The van der Waals surface area contributed by atoms with Gasteiger partial charge in [0.2, 0.25) is 5.91 Å². The van der Waals surface area contributed by atoms with E-state index >= 15 is 0 Å². The number of hydrogen-bond donors (Lipinski definition) is 2. The summed E-state index contributed by atoms with van der Waals surface area (Å²) in [4.78, 5) is 26.5. The lowest BCUT2D eigenvalue weighted by Crippen LogP contribution is -2.39. The Kier molecular flexibility index (Phi) is 7.37. The van der Waals surface area contributed by atoms with E-state index < -0.39 is 0 Å². The summed E-state index contributed by atoms with van der Waals surface area (Å²) < 4.78 is 5.83. The van der Waals surface area contributed by atoms with Crippen LogP contribution in [0.2, 0.25) is 0 Å². The Hall–Kier alpha value is -3.90. The van der Waals surface area contributed by atoms with Crippen LogP contribution in [0.15, 0.2) is 77.2 Å². The number of benzene rings is 3. The van der Waals surface area contributed by atoms with E-state index in [1.807, 2.05) is 30.3 Å². The fourth-order valence-electron chi connectivity index (χ4n) is 5.06. The van der Waals surface area contributed by atoms with Gasteiger partial charge in [-0.3, -0.25) is 9.59 Å². The van der Waals surface area contributed by atoms with E-state index in [0.717, 1.165) is 54.7 Å². The summed E-state index contributed by atoms with van der Waals surface area (Å²) in [5, 5.41) is 6.81. The van der Waals surface area contributed by atoms with Gasteiger partial charge in [-0.1, -0.05) is 48.0 Å². The van der Waals surface area contributed by atoms with Gasteiger partial charge in [-0.15, -0.1) is 0 Å². The average molecular weight is 496 g/mol. The van der Waals surface area contributed by atoms with Crippen molar-refractivity contribution in [1.82, 2.24) is 10.2 Å². The van der Waals surface area contributed by atoms with Crippen molar-refractivity contribution < 1.29 is 14.0 Å². The first-order valence-electron chi connectivity index (χ1n) is 12.9. The second kappa shape index (κ2) is 11.0. The van der Waals surface area contributed by atoms with Gasteiger partial charge >= 0.3 is 0 Å². The molecule has 0 bridgehead atoms. The number of nitrogens with one attached hydrogen (secondary N) is 2. The lowest BCUT2D eigenvalue weighted by Gasteiger charge is -2.32. The van der Waals surface area contributed by atoms with E-state index in [4.69, 9.17) is 4.42 Å². The highest BCUT2D eigenvalue weighted by molar-refractivity contribution is 5.97. The van der Waals surface area contributed by atoms with Gasteiger partial charge in [-0.05, 0) is 85.8 Å². The molecular weight excluding hydrogens is 462 g/mol. The second-order valence-corrected chi connectivity index (χ2v) is 9.91. The van der Waals surface area contributed by atoms with Crippen LogP contribution in [0.1, 0.15) is 47.4 Å². The van der Waals surface area contributed by atoms with Crippen molar-refractivity contribution >= 4 is 28.5 Å². The van der Waals surface area contributed by atoms with Gasteiger partial charge in [0.05, 0.1) is 0 Å². The van der Waals surface area contributed by atoms with Crippen molar-refractivity contribution in [2.75, 3.05) is 31.5 Å². The number of anilines is 1. The lowest BCUT2D eigenvalue weighted by atomic mass is 9.89. The molecular formula is C31H33N3O3. The highest BCUT2D eigenvalue weighted by Crippen LogP contribution is 2.30. The van der Waals surface area contributed by atoms with Gasteiger partial charge in [0.1, 0.15) is 5.58 Å². The smallest absolute Gasteiger partial charge is 0.287 e. The molecule has 0 saturated carbocycles. The number of furan rings is 1. The molecule has 190 valence electrons. The standard InChI is InChI=1S/C31H33N3O3/c1-21-6-8-23(9-7-21)26-10-11-29-27(18-26)20-30(37-29)31(36)32-14-17-34-15-12-24(13-16-34)25-4-3-5-28(19-25)33-22(2)35/h3-11,18-20,24H,12-17H2,1-2H3,(H,32,36)(H,33,35). The zero-order chi connectivity index (χ0) is 25.8. The molecule has 6 nitrogen and oxygen atoms in total. The zero-order valence-electron chi connectivity index (χ0n) is 21.4. The fraction of sp³-hybridized carbons (Fsp3) is 0.290. The summed E-state index contributed by atoms with van der Waals surface area (Å²) in [5.74, 6) is 0.593. The van der Waals surface area contributed by atoms with Crippen LogP contribution in [0.4, 0.5) is 5.69 Å². The maximum atomic E-state index is 12.7. The van der Waals surface area contributed by atoms with Gasteiger partial charge in [0.25, 0.3) is 5.91 Å². The molecule has 5 rings (SSSR count). The zero-order valence-corrected chi connectivity index (χ0v) is 21.4. The summed E-state index contributed by atoms with van der Waals surface area (Å²) in [7, 11) is 0. The van der Waals surface area contributed by atoms with E-state index in [2.05, 4.69) is 64.9 Å². The first-order chi connectivity index (χ1) is 17.9. The monoisotopic (exact) mass is 495 g/mol. The van der Waals surface area contributed by atoms with Crippen LogP contribution < -0.4 is 10.6 Å². The van der Waals surface area contributed by atoms with E-state index in [1.165, 1.54) is 18.1 Å². The molecule has 1 fully saturated rings. The topological polar surface area (TPSA) is 74.6 Å². The first-order valence-corrected chi connectivity index (χ1v) is 12.9. The summed E-state index contributed by atoms with van der Waals surface area (Å²) in [6.07, 6.45) is 2.12. The number of piperidine rings is 1. The average Bonchev–Trinajstić information content (AvgIpc) is 3.33. The molecule has 1 aromatic heterocycles. The Bertz CT molecular complexity index is 1400. The van der Waals surface area contributed by atoms with Crippen molar-refractivity contribution in [1.29, 1.82) is 0 Å². The molecule has 6 heteroatoms. The van der Waals surface area contributed by atoms with Crippen LogP contribution >= 0.6 is 0 Å². The molecule has 1 aliphatic rings. The minimum Gasteiger partial charge on any atom is -0.451 e. The maximum absolute atomic E-state index is 12.7. The highest BCUT2D eigenvalue weighted by atomic mass is 16.3. The Morgan fingerprint density at radius 2 is 1.70 bits per heavy atom. The summed E-state index contributed by atoms with van der Waals surface area (Å²) in [5.41, 5.74) is 6.31. The van der Waals surface area contributed by atoms with Gasteiger partial charge in [0.15, 0.2) is 5.76 Å². The maximum Gasteiger partial charge on any atom is 0.287 e. The van der Waals surface area contributed by atoms with Crippen LogP contribution in [0.25, 0.3) is 22.1 Å². The summed E-state index contributed by atoms with van der Waals surface area (Å²) >= 11 is 0. The lowest BCUT2D eigenvalue weighted by molar-refractivity contribution is -0.114. The molecule has 0 spiro atoms. The number of carbonyl (C=O) groups excluding carboxylic acids is 2. The van der Waals surface area contributed by atoms with Crippen molar-refractivity contribution in [3.63, 3.8) is 0 Å². The van der Waals surface area contributed by atoms with Crippen LogP contribution in [0, 0.1) is 6.92 Å². The van der Waals surface area contributed by atoms with Gasteiger partial charge < -0.3 is 20.0 Å². The molecule has 2 heterocycles. The first kappa shape index (κ1) is 24.8. The molecule has 1 aliphatic heterocycles. The molecule has 3 aromatic carbocycles. The number of fused-ring (bicyclic) bond motifs is 1. The molecule has 1 saturated heterocycles. The third kappa shape index (κ3) is 6.09. The number of likely N-dealkylation sites (tertiary alicyclic amines) is 1. The van der Waals surface area contributed by atoms with Crippen molar-refractivity contribution in [3.05, 3.63) is 89.7 Å². The van der Waals surface area contributed by atoms with Crippen LogP contribution in [-0.2, 0) is 4.79 Å². The van der Waals surface area contributed by atoms with Crippen LogP contribution in [-0.4, -0.2) is 42.9 Å². The Morgan fingerprint density at radius 3 is 2.46 bits per heavy atom. The molecule has 37 heavy (non-hydrogen) atoms. The molecule has 0 unspecified atom stereocenters. The predicted octanol–water partition coefficient (Wildman–Crippen LogP) is 5.98. The van der Waals surface area contributed by atoms with Gasteiger partial charge in [-0.2, -0.15) is 0 Å². The summed E-state index contributed by atoms with van der Waals surface area (Å²) in [6, 6.07) is 24.4. The number of nitrogens with zero attached hydrogens (tertiary/aromatic N) is 1. The molecule has 0 atom stereocenters.